The number of nitrogens with zero attached hydrogens (tertiary/aromatic N) is 4. The van der Waals surface area contributed by atoms with Gasteiger partial charge in [0.2, 0.25) is 0 Å². The molecule has 2 bridgehead atoms. The van der Waals surface area contributed by atoms with E-state index in [1.54, 1.807) is 6.20 Å². The molecule has 3 fully saturated rings. The van der Waals surface area contributed by atoms with Gasteiger partial charge in [-0.25, -0.2) is 24.1 Å². The maximum Gasteiger partial charge on any atom is 0.328 e. The summed E-state index contributed by atoms with van der Waals surface area (Å²) in [5.41, 5.74) is 1.50. The first-order valence-electron chi connectivity index (χ1n) is 10.3. The zero-order valence-electron chi connectivity index (χ0n) is 16.4. The second-order valence-electron chi connectivity index (χ2n) is 8.51. The van der Waals surface area contributed by atoms with Crippen LogP contribution in [-0.4, -0.2) is 40.6 Å². The highest BCUT2D eigenvalue weighted by Gasteiger charge is 2.49. The van der Waals surface area contributed by atoms with E-state index >= 15 is 0 Å². The van der Waals surface area contributed by atoms with E-state index < -0.39 is 23.7 Å². The minimum atomic E-state index is -0.867. The molecular formula is C21H19FN6O3. The minimum Gasteiger partial charge on any atom is -0.481 e. The van der Waals surface area contributed by atoms with Gasteiger partial charge in [0, 0.05) is 17.1 Å². The highest BCUT2D eigenvalue weighted by Crippen LogP contribution is 2.51. The molecule has 0 saturated heterocycles. The van der Waals surface area contributed by atoms with Gasteiger partial charge < -0.3 is 15.1 Å². The third-order valence-electron chi connectivity index (χ3n) is 6.95. The van der Waals surface area contributed by atoms with Gasteiger partial charge in [0.25, 0.3) is 0 Å². The number of H-pyrrole nitrogens is 2. The molecule has 31 heavy (non-hydrogen) atoms. The van der Waals surface area contributed by atoms with E-state index in [-0.39, 0.29) is 17.5 Å². The molecule has 4 aromatic heterocycles. The summed E-state index contributed by atoms with van der Waals surface area (Å²) in [4.78, 5) is 43.8. The molecule has 3 saturated carbocycles. The van der Waals surface area contributed by atoms with Crippen LogP contribution in [0.3, 0.4) is 0 Å². The number of hydrogen-bond acceptors (Lipinski definition) is 5. The number of aromatic nitrogens is 6. The van der Waals surface area contributed by atoms with Gasteiger partial charge in [-0.05, 0) is 43.6 Å². The zero-order chi connectivity index (χ0) is 21.3. The lowest BCUT2D eigenvalue weighted by atomic mass is 9.61. The van der Waals surface area contributed by atoms with E-state index in [2.05, 4.69) is 24.9 Å². The van der Waals surface area contributed by atoms with Gasteiger partial charge in [-0.1, -0.05) is 0 Å². The van der Waals surface area contributed by atoms with Crippen LogP contribution in [0.4, 0.5) is 4.39 Å². The van der Waals surface area contributed by atoms with Crippen molar-refractivity contribution >= 4 is 28.2 Å². The fraction of sp³-hybridized carbons (Fsp3) is 0.381. The molecule has 0 spiro atoms. The molecule has 3 N–H and O–H groups in total. The van der Waals surface area contributed by atoms with Gasteiger partial charge in [0.05, 0.1) is 24.4 Å². The van der Waals surface area contributed by atoms with E-state index in [9.17, 15) is 19.1 Å². The van der Waals surface area contributed by atoms with E-state index in [1.807, 2.05) is 0 Å². The Labute approximate surface area is 174 Å². The lowest BCUT2D eigenvalue weighted by Crippen LogP contribution is -2.47. The Morgan fingerprint density at radius 3 is 2.71 bits per heavy atom. The van der Waals surface area contributed by atoms with E-state index in [1.165, 1.54) is 16.8 Å². The van der Waals surface area contributed by atoms with Crippen molar-refractivity contribution in [2.24, 2.45) is 17.8 Å². The first kappa shape index (κ1) is 18.2. The molecule has 0 radical (unpaired) electrons. The van der Waals surface area contributed by atoms with Crippen LogP contribution in [0.1, 0.15) is 31.7 Å². The van der Waals surface area contributed by atoms with Gasteiger partial charge in [-0.3, -0.25) is 9.36 Å². The molecule has 0 aromatic carbocycles. The number of fused-ring (bicyclic) bond motifs is 5. The summed E-state index contributed by atoms with van der Waals surface area (Å²) in [6.07, 6.45) is 7.86. The van der Waals surface area contributed by atoms with Crippen molar-refractivity contribution in [3.8, 4) is 11.4 Å². The number of rotatable bonds is 3. The summed E-state index contributed by atoms with van der Waals surface area (Å²) in [5, 5.41) is 10.5. The summed E-state index contributed by atoms with van der Waals surface area (Å²) >= 11 is 0. The maximum absolute atomic E-state index is 13.8. The lowest BCUT2D eigenvalue weighted by Gasteiger charge is -2.46. The monoisotopic (exact) mass is 422 g/mol. The SMILES string of the molecule is O=C(O)[C@H]1C2CCC(CC2)[C@@H]1n1c(=O)[nH]c2cnc(-c3c[nH]c4ncc(F)cc34)nc21. The third kappa shape index (κ3) is 2.63. The van der Waals surface area contributed by atoms with Crippen LogP contribution in [-0.2, 0) is 4.79 Å². The molecule has 9 nitrogen and oxygen atoms in total. The fourth-order valence-electron chi connectivity index (χ4n) is 5.62. The zero-order valence-corrected chi connectivity index (χ0v) is 16.4. The molecule has 4 heterocycles. The van der Waals surface area contributed by atoms with Gasteiger partial charge in [-0.15, -0.1) is 0 Å². The molecule has 0 aliphatic heterocycles. The van der Waals surface area contributed by atoms with Gasteiger partial charge in [0.15, 0.2) is 11.5 Å². The number of carbonyl (C=O) groups is 1. The molecule has 2 atom stereocenters. The van der Waals surface area contributed by atoms with Crippen molar-refractivity contribution < 1.29 is 14.3 Å². The summed E-state index contributed by atoms with van der Waals surface area (Å²) in [6, 6.07) is 0.906. The number of carboxylic acid groups (broad SMARTS) is 1. The minimum absolute atomic E-state index is 0.0633. The number of halogens is 1. The Morgan fingerprint density at radius 2 is 1.94 bits per heavy atom. The van der Waals surface area contributed by atoms with E-state index in [0.29, 0.717) is 33.6 Å². The smallest absolute Gasteiger partial charge is 0.328 e. The lowest BCUT2D eigenvalue weighted by molar-refractivity contribution is -0.151. The van der Waals surface area contributed by atoms with Crippen LogP contribution in [0.5, 0.6) is 0 Å². The van der Waals surface area contributed by atoms with E-state index in [0.717, 1.165) is 31.9 Å². The Balaban J connectivity index is 1.55. The molecule has 0 amide bonds. The Hall–Kier alpha value is -3.56. The fourth-order valence-corrected chi connectivity index (χ4v) is 5.62. The highest BCUT2D eigenvalue weighted by molar-refractivity contribution is 5.92. The topological polar surface area (TPSA) is 130 Å². The molecule has 0 unspecified atom stereocenters. The number of carboxylic acids is 1. The average molecular weight is 422 g/mol. The number of aromatic amines is 2. The first-order valence-corrected chi connectivity index (χ1v) is 10.3. The average Bonchev–Trinajstić information content (AvgIpc) is 3.32. The van der Waals surface area contributed by atoms with E-state index in [4.69, 9.17) is 0 Å². The van der Waals surface area contributed by atoms with Crippen molar-refractivity contribution in [1.82, 2.24) is 29.5 Å². The quantitative estimate of drug-likeness (QED) is 0.466. The van der Waals surface area contributed by atoms with Gasteiger partial charge >= 0.3 is 11.7 Å². The number of imidazole rings is 1. The normalized spacial score (nSPS) is 25.5. The van der Waals surface area contributed by atoms with Crippen LogP contribution in [0.2, 0.25) is 0 Å². The number of pyridine rings is 1. The number of nitrogens with one attached hydrogen (secondary N) is 2. The molecule has 10 heteroatoms. The summed E-state index contributed by atoms with van der Waals surface area (Å²) in [5.74, 6) is -1.47. The summed E-state index contributed by atoms with van der Waals surface area (Å²) in [7, 11) is 0. The third-order valence-corrected chi connectivity index (χ3v) is 6.95. The number of hydrogen-bond donors (Lipinski definition) is 3. The van der Waals surface area contributed by atoms with Crippen molar-refractivity contribution in [1.29, 1.82) is 0 Å². The van der Waals surface area contributed by atoms with Crippen LogP contribution in [0.15, 0.2) is 29.5 Å². The largest absolute Gasteiger partial charge is 0.481 e. The predicted molar refractivity (Wildman–Crippen MR) is 109 cm³/mol. The predicted octanol–water partition coefficient (Wildman–Crippen LogP) is 2.86. The molecular weight excluding hydrogens is 403 g/mol. The standard InChI is InChI=1S/C21H19FN6O3/c22-11-5-12-13(7-24-17(12)23-6-11)18-25-8-14-19(27-18)28(21(31)26-14)16-10-3-1-9(2-4-10)15(16)20(29)30/h5-10,15-16H,1-4H2,(H,23,24)(H,26,31)(H,29,30)/t9?,10?,15-,16-/m0/s1. The molecule has 7 rings (SSSR count). The maximum atomic E-state index is 13.8. The Bertz CT molecular complexity index is 1400. The Morgan fingerprint density at radius 1 is 1.16 bits per heavy atom. The second kappa shape index (κ2) is 6.47. The van der Waals surface area contributed by atoms with Crippen molar-refractivity contribution in [3.05, 3.63) is 41.0 Å². The van der Waals surface area contributed by atoms with Crippen LogP contribution < -0.4 is 5.69 Å². The Kier molecular flexibility index (Phi) is 3.80. The second-order valence-corrected chi connectivity index (χ2v) is 8.51. The molecule has 158 valence electrons. The van der Waals surface area contributed by atoms with Crippen molar-refractivity contribution in [3.63, 3.8) is 0 Å². The molecule has 3 aliphatic rings. The van der Waals surface area contributed by atoms with Crippen LogP contribution >= 0.6 is 0 Å². The first-order chi connectivity index (χ1) is 15.0. The highest BCUT2D eigenvalue weighted by atomic mass is 19.1. The van der Waals surface area contributed by atoms with Crippen molar-refractivity contribution in [2.75, 3.05) is 0 Å². The van der Waals surface area contributed by atoms with Gasteiger partial charge in [0.1, 0.15) is 17.0 Å². The van der Waals surface area contributed by atoms with Crippen molar-refractivity contribution in [2.45, 2.75) is 31.7 Å². The molecule has 3 aliphatic carbocycles. The summed E-state index contributed by atoms with van der Waals surface area (Å²) in [6.45, 7) is 0. The summed E-state index contributed by atoms with van der Waals surface area (Å²) < 4.78 is 15.3. The van der Waals surface area contributed by atoms with Crippen LogP contribution in [0, 0.1) is 23.6 Å². The van der Waals surface area contributed by atoms with Gasteiger partial charge in [-0.2, -0.15) is 0 Å². The molecule has 4 aromatic rings. The number of aliphatic carboxylic acids is 1. The van der Waals surface area contributed by atoms with Crippen LogP contribution in [0.25, 0.3) is 33.6 Å².